The summed E-state index contributed by atoms with van der Waals surface area (Å²) in [5.74, 6) is -0.750. The molecule has 0 fully saturated rings. The molecule has 13 heteroatoms. The van der Waals surface area contributed by atoms with Crippen LogP contribution in [0.1, 0.15) is 0 Å². The first-order valence-electron chi connectivity index (χ1n) is 4.96. The Balaban J connectivity index is 3.91. The molecule has 0 radical (unpaired) electrons. The van der Waals surface area contributed by atoms with Crippen molar-refractivity contribution in [2.75, 3.05) is 33.0 Å². The first-order chi connectivity index (χ1) is 8.70. The maximum atomic E-state index is 11.7. The minimum atomic E-state index is -4.67. The van der Waals surface area contributed by atoms with Gasteiger partial charge in [0, 0.05) is 19.1 Å². The van der Waals surface area contributed by atoms with Crippen molar-refractivity contribution >= 4 is 15.6 Å². The van der Waals surface area contributed by atoms with Crippen LogP contribution in [0.5, 0.6) is 0 Å². The largest absolute Gasteiger partial charge is 0.472 e. The summed E-state index contributed by atoms with van der Waals surface area (Å²) in [4.78, 5) is 25.8. The normalized spacial score (nSPS) is 17.1. The molecule has 0 aliphatic rings. The molecule has 2 unspecified atom stereocenters. The Bertz CT molecular complexity index is 337. The Morgan fingerprint density at radius 3 is 2.16 bits per heavy atom. The van der Waals surface area contributed by atoms with Gasteiger partial charge in [-0.05, 0) is 0 Å². The van der Waals surface area contributed by atoms with E-state index in [2.05, 4.69) is 13.6 Å². The van der Waals surface area contributed by atoms with Crippen LogP contribution in [0.2, 0.25) is 0 Å². The molecular formula is C6H16FNO9P2. The zero-order chi connectivity index (χ0) is 14.9. The fraction of sp³-hybridized carbons (Fsp3) is 1.00. The molecule has 5 N–H and O–H groups in total. The number of aliphatic hydroxyl groups excluding tert-OH is 1. The molecule has 2 atom stereocenters. The van der Waals surface area contributed by atoms with Crippen molar-refractivity contribution in [2.45, 2.75) is 0 Å². The van der Waals surface area contributed by atoms with Crippen LogP contribution >= 0.6 is 15.6 Å². The lowest BCUT2D eigenvalue weighted by atomic mass is 10.2. The van der Waals surface area contributed by atoms with Crippen LogP contribution in [0.4, 0.5) is 4.48 Å². The van der Waals surface area contributed by atoms with Crippen molar-refractivity contribution in [3.8, 4) is 0 Å². The summed E-state index contributed by atoms with van der Waals surface area (Å²) in [5.41, 5.74) is 1.27. The van der Waals surface area contributed by atoms with Gasteiger partial charge in [-0.15, -0.1) is 4.48 Å². The van der Waals surface area contributed by atoms with E-state index < -0.39 is 48.0 Å². The Hall–Kier alpha value is 0.0700. The third-order valence-electron chi connectivity index (χ3n) is 1.69. The standard InChI is InChI=1S/C6H16FNO9P2/c7-8-3-6(4-9)5-17-19(13,14)16-2-1-15-18(10,11)12/h6,8-9H,1-5H2,(H,13,14)(H2,10,11,12). The molecule has 0 saturated carbocycles. The van der Waals surface area contributed by atoms with E-state index >= 15 is 0 Å². The van der Waals surface area contributed by atoms with Gasteiger partial charge in [0.25, 0.3) is 0 Å². The third kappa shape index (κ3) is 11.6. The molecule has 19 heavy (non-hydrogen) atoms. The lowest BCUT2D eigenvalue weighted by Crippen LogP contribution is -2.24. The van der Waals surface area contributed by atoms with Gasteiger partial charge >= 0.3 is 15.6 Å². The number of phosphoric acid groups is 2. The van der Waals surface area contributed by atoms with E-state index in [-0.39, 0.29) is 6.54 Å². The smallest absolute Gasteiger partial charge is 0.396 e. The van der Waals surface area contributed by atoms with Crippen molar-refractivity contribution in [3.05, 3.63) is 0 Å². The minimum Gasteiger partial charge on any atom is -0.396 e. The van der Waals surface area contributed by atoms with E-state index in [1.54, 1.807) is 0 Å². The van der Waals surface area contributed by atoms with Gasteiger partial charge in [0.2, 0.25) is 0 Å². The van der Waals surface area contributed by atoms with Crippen LogP contribution in [0.15, 0.2) is 0 Å². The molecule has 0 heterocycles. The van der Waals surface area contributed by atoms with Crippen molar-refractivity contribution in [3.63, 3.8) is 0 Å². The van der Waals surface area contributed by atoms with Crippen LogP contribution in [0, 0.1) is 5.92 Å². The van der Waals surface area contributed by atoms with Crippen molar-refractivity contribution in [1.82, 2.24) is 5.54 Å². The average Bonchev–Trinajstić information content (AvgIpc) is 2.29. The molecule has 0 aromatic carbocycles. The first-order valence-corrected chi connectivity index (χ1v) is 7.99. The molecular weight excluding hydrogens is 311 g/mol. The van der Waals surface area contributed by atoms with E-state index in [0.717, 1.165) is 0 Å². The zero-order valence-electron chi connectivity index (χ0n) is 9.72. The molecule has 0 bridgehead atoms. The fourth-order valence-corrected chi connectivity index (χ4v) is 1.92. The molecule has 0 aliphatic carbocycles. The van der Waals surface area contributed by atoms with Gasteiger partial charge in [-0.25, -0.2) is 9.13 Å². The predicted molar refractivity (Wildman–Crippen MR) is 59.4 cm³/mol. The lowest BCUT2D eigenvalue weighted by molar-refractivity contribution is 0.0870. The van der Waals surface area contributed by atoms with Crippen molar-refractivity contribution in [2.24, 2.45) is 5.92 Å². The highest BCUT2D eigenvalue weighted by Crippen LogP contribution is 2.44. The molecule has 116 valence electrons. The summed E-state index contributed by atoms with van der Waals surface area (Å²) in [6.45, 7) is -2.41. The molecule has 0 amide bonds. The maximum Gasteiger partial charge on any atom is 0.472 e. The molecule has 0 aliphatic heterocycles. The third-order valence-corrected chi connectivity index (χ3v) is 3.20. The number of phosphoric ester groups is 2. The number of hydrogen-bond donors (Lipinski definition) is 5. The van der Waals surface area contributed by atoms with Gasteiger partial charge in [-0.2, -0.15) is 5.54 Å². The molecule has 0 saturated heterocycles. The van der Waals surface area contributed by atoms with Crippen LogP contribution in [0.3, 0.4) is 0 Å². The molecule has 0 aromatic rings. The Labute approximate surface area is 108 Å². The zero-order valence-corrected chi connectivity index (χ0v) is 11.5. The average molecular weight is 327 g/mol. The predicted octanol–water partition coefficient (Wildman–Crippen LogP) is -0.688. The number of halogens is 1. The summed E-state index contributed by atoms with van der Waals surface area (Å²) in [6.07, 6.45) is 0. The number of hydrogen-bond acceptors (Lipinski definition) is 7. The second-order valence-corrected chi connectivity index (χ2v) is 6.00. The Morgan fingerprint density at radius 1 is 1.11 bits per heavy atom. The highest BCUT2D eigenvalue weighted by molar-refractivity contribution is 7.47. The highest BCUT2D eigenvalue weighted by Gasteiger charge is 2.24. The number of rotatable bonds is 11. The number of aliphatic hydroxyl groups is 1. The first kappa shape index (κ1) is 19.1. The van der Waals surface area contributed by atoms with E-state index in [4.69, 9.17) is 19.8 Å². The Morgan fingerprint density at radius 2 is 1.68 bits per heavy atom. The summed E-state index contributed by atoms with van der Waals surface area (Å²) in [6, 6.07) is 0. The molecule has 0 spiro atoms. The van der Waals surface area contributed by atoms with Gasteiger partial charge in [-0.1, -0.05) is 0 Å². The molecule has 0 rings (SSSR count). The van der Waals surface area contributed by atoms with Gasteiger partial charge in [0.15, 0.2) is 0 Å². The quantitative estimate of drug-likeness (QED) is 0.187. The highest BCUT2D eigenvalue weighted by atomic mass is 31.2. The van der Waals surface area contributed by atoms with Gasteiger partial charge < -0.3 is 19.8 Å². The van der Waals surface area contributed by atoms with Crippen LogP contribution in [0.25, 0.3) is 0 Å². The summed E-state index contributed by atoms with van der Waals surface area (Å²) in [5, 5.41) is 8.75. The van der Waals surface area contributed by atoms with Gasteiger partial charge in [0.1, 0.15) is 0 Å². The summed E-state index contributed by atoms with van der Waals surface area (Å²) >= 11 is 0. The van der Waals surface area contributed by atoms with E-state index in [1.165, 1.54) is 5.54 Å². The molecule has 0 aromatic heterocycles. The van der Waals surface area contributed by atoms with Gasteiger partial charge in [0.05, 0.1) is 19.8 Å². The SMILES string of the molecule is O=P(O)(O)OCCOP(=O)(O)OCC(CO)CNF. The summed E-state index contributed by atoms with van der Waals surface area (Å²) in [7, 11) is -9.13. The van der Waals surface area contributed by atoms with Crippen LogP contribution < -0.4 is 5.54 Å². The molecule has 10 nitrogen and oxygen atoms in total. The van der Waals surface area contributed by atoms with Crippen molar-refractivity contribution < 1.29 is 47.0 Å². The summed E-state index contributed by atoms with van der Waals surface area (Å²) < 4.78 is 46.0. The number of nitrogens with one attached hydrogen (secondary N) is 1. The van der Waals surface area contributed by atoms with Crippen LogP contribution in [-0.4, -0.2) is 52.8 Å². The second kappa shape index (κ2) is 9.09. The minimum absolute atomic E-state index is 0.280. The lowest BCUT2D eigenvalue weighted by Gasteiger charge is -2.16. The van der Waals surface area contributed by atoms with E-state index in [0.29, 0.717) is 0 Å². The Kier molecular flexibility index (Phi) is 9.12. The monoisotopic (exact) mass is 327 g/mol. The topological polar surface area (TPSA) is 155 Å². The van der Waals surface area contributed by atoms with E-state index in [9.17, 15) is 13.6 Å². The van der Waals surface area contributed by atoms with E-state index in [1.807, 2.05) is 0 Å². The maximum absolute atomic E-state index is 11.7. The van der Waals surface area contributed by atoms with Crippen molar-refractivity contribution in [1.29, 1.82) is 0 Å². The second-order valence-electron chi connectivity index (χ2n) is 3.31. The van der Waals surface area contributed by atoms with Crippen LogP contribution in [-0.2, 0) is 22.7 Å². The fourth-order valence-electron chi connectivity index (χ4n) is 0.831. The van der Waals surface area contributed by atoms with Gasteiger partial charge in [-0.3, -0.25) is 13.6 Å².